The van der Waals surface area contributed by atoms with Gasteiger partial charge in [0.05, 0.1) is 11.4 Å². The van der Waals surface area contributed by atoms with Gasteiger partial charge in [0, 0.05) is 15.8 Å². The van der Waals surface area contributed by atoms with Crippen molar-refractivity contribution in [1.29, 1.82) is 0 Å². The van der Waals surface area contributed by atoms with Crippen LogP contribution in [0.3, 0.4) is 0 Å². The van der Waals surface area contributed by atoms with E-state index in [9.17, 15) is 13.2 Å². The van der Waals surface area contributed by atoms with Gasteiger partial charge in [-0.2, -0.15) is 4.31 Å². The van der Waals surface area contributed by atoms with Gasteiger partial charge in [0.25, 0.3) is 0 Å². The second-order valence-corrected chi connectivity index (χ2v) is 8.48. The van der Waals surface area contributed by atoms with Crippen molar-refractivity contribution in [2.45, 2.75) is 18.7 Å². The summed E-state index contributed by atoms with van der Waals surface area (Å²) in [7, 11) is -3.69. The van der Waals surface area contributed by atoms with Gasteiger partial charge in [-0.1, -0.05) is 24.6 Å². The van der Waals surface area contributed by atoms with Crippen molar-refractivity contribution in [2.24, 2.45) is 0 Å². The predicted molar refractivity (Wildman–Crippen MR) is 103 cm³/mol. The lowest BCUT2D eigenvalue weighted by Gasteiger charge is -2.20. The molecule has 0 aliphatic heterocycles. The summed E-state index contributed by atoms with van der Waals surface area (Å²) in [5.74, 6) is -0.367. The van der Waals surface area contributed by atoms with Gasteiger partial charge in [-0.05, 0) is 65.9 Å². The van der Waals surface area contributed by atoms with Crippen LogP contribution in [0.2, 0.25) is 0 Å². The summed E-state index contributed by atoms with van der Waals surface area (Å²) in [4.78, 5) is 12.4. The Morgan fingerprint density at radius 3 is 2.21 bits per heavy atom. The molecule has 0 atom stereocenters. The topological polar surface area (TPSA) is 66.5 Å². The summed E-state index contributed by atoms with van der Waals surface area (Å²) in [6.07, 6.45) is 0. The average molecular weight is 458 g/mol. The number of carbonyl (C=O) groups is 1. The monoisotopic (exact) mass is 458 g/mol. The molecular weight excluding hydrogens is 439 g/mol. The first kappa shape index (κ1) is 18.9. The molecule has 24 heavy (non-hydrogen) atoms. The van der Waals surface area contributed by atoms with E-state index in [-0.39, 0.29) is 23.9 Å². The van der Waals surface area contributed by atoms with Crippen molar-refractivity contribution < 1.29 is 13.2 Å². The molecule has 0 heterocycles. The number of halogens is 1. The highest BCUT2D eigenvalue weighted by Crippen LogP contribution is 2.17. The van der Waals surface area contributed by atoms with Crippen molar-refractivity contribution in [3.05, 3.63) is 57.7 Å². The highest BCUT2D eigenvalue weighted by atomic mass is 127. The molecule has 2 aromatic carbocycles. The zero-order valence-corrected chi connectivity index (χ0v) is 16.5. The number of rotatable bonds is 6. The quantitative estimate of drug-likeness (QED) is 0.676. The van der Waals surface area contributed by atoms with Crippen LogP contribution in [0.15, 0.2) is 53.4 Å². The van der Waals surface area contributed by atoms with Crippen LogP contribution in [-0.2, 0) is 14.8 Å². The normalized spacial score (nSPS) is 11.5. The first-order chi connectivity index (χ1) is 11.3. The zero-order chi connectivity index (χ0) is 17.7. The SMILES string of the molecule is CCN(CC(=O)Nc1ccc(I)cc1)S(=O)(=O)c1ccc(C)cc1. The lowest BCUT2D eigenvalue weighted by Crippen LogP contribution is -2.37. The molecule has 7 heteroatoms. The van der Waals surface area contributed by atoms with Crippen molar-refractivity contribution in [3.63, 3.8) is 0 Å². The van der Waals surface area contributed by atoms with Crippen molar-refractivity contribution in [3.8, 4) is 0 Å². The number of nitrogens with zero attached hydrogens (tertiary/aromatic N) is 1. The molecule has 0 fully saturated rings. The summed E-state index contributed by atoms with van der Waals surface area (Å²) in [6.45, 7) is 3.60. The van der Waals surface area contributed by atoms with Gasteiger partial charge in [-0.25, -0.2) is 8.42 Å². The van der Waals surface area contributed by atoms with Crippen LogP contribution < -0.4 is 5.32 Å². The van der Waals surface area contributed by atoms with E-state index >= 15 is 0 Å². The van der Waals surface area contributed by atoms with Gasteiger partial charge in [0.15, 0.2) is 0 Å². The molecule has 0 aromatic heterocycles. The number of sulfonamides is 1. The molecule has 0 saturated heterocycles. The number of amides is 1. The van der Waals surface area contributed by atoms with E-state index in [1.807, 2.05) is 19.1 Å². The molecule has 0 spiro atoms. The highest BCUT2D eigenvalue weighted by Gasteiger charge is 2.25. The second kappa shape index (κ2) is 8.09. The third kappa shape index (κ3) is 4.78. The molecule has 0 unspecified atom stereocenters. The van der Waals surface area contributed by atoms with Gasteiger partial charge < -0.3 is 5.32 Å². The van der Waals surface area contributed by atoms with E-state index in [1.54, 1.807) is 43.3 Å². The molecule has 0 aliphatic carbocycles. The van der Waals surface area contributed by atoms with Gasteiger partial charge >= 0.3 is 0 Å². The molecule has 128 valence electrons. The highest BCUT2D eigenvalue weighted by molar-refractivity contribution is 14.1. The van der Waals surface area contributed by atoms with Crippen LogP contribution in [-0.4, -0.2) is 31.7 Å². The Labute approximate surface area is 156 Å². The van der Waals surface area contributed by atoms with E-state index in [2.05, 4.69) is 27.9 Å². The molecular formula is C17H19IN2O3S. The Kier molecular flexibility index (Phi) is 6.36. The number of aryl methyl sites for hydroxylation is 1. The maximum Gasteiger partial charge on any atom is 0.243 e. The molecule has 0 saturated carbocycles. The van der Waals surface area contributed by atoms with E-state index in [1.165, 1.54) is 4.31 Å². The number of likely N-dealkylation sites (N-methyl/N-ethyl adjacent to an activating group) is 1. The van der Waals surface area contributed by atoms with Crippen molar-refractivity contribution >= 4 is 44.2 Å². The van der Waals surface area contributed by atoms with Crippen molar-refractivity contribution in [1.82, 2.24) is 4.31 Å². The van der Waals surface area contributed by atoms with E-state index in [0.29, 0.717) is 5.69 Å². The van der Waals surface area contributed by atoms with Crippen LogP contribution in [0, 0.1) is 10.5 Å². The molecule has 5 nitrogen and oxygen atoms in total. The Morgan fingerprint density at radius 1 is 1.08 bits per heavy atom. The minimum atomic E-state index is -3.69. The van der Waals surface area contributed by atoms with E-state index in [0.717, 1.165) is 9.13 Å². The summed E-state index contributed by atoms with van der Waals surface area (Å²) < 4.78 is 27.5. The Balaban J connectivity index is 2.11. The van der Waals surface area contributed by atoms with Gasteiger partial charge in [-0.3, -0.25) is 4.79 Å². The first-order valence-electron chi connectivity index (χ1n) is 7.45. The zero-order valence-electron chi connectivity index (χ0n) is 13.5. The van der Waals surface area contributed by atoms with Crippen LogP contribution in [0.4, 0.5) is 5.69 Å². The third-order valence-corrected chi connectivity index (χ3v) is 6.11. The molecule has 2 aromatic rings. The van der Waals surface area contributed by atoms with Crippen LogP contribution in [0.25, 0.3) is 0 Å². The Morgan fingerprint density at radius 2 is 1.67 bits per heavy atom. The fourth-order valence-corrected chi connectivity index (χ4v) is 3.88. The minimum absolute atomic E-state index is 0.192. The van der Waals surface area contributed by atoms with Gasteiger partial charge in [-0.15, -0.1) is 0 Å². The predicted octanol–water partition coefficient (Wildman–Crippen LogP) is 3.25. The third-order valence-electron chi connectivity index (χ3n) is 3.46. The van der Waals surface area contributed by atoms with Gasteiger partial charge in [0.2, 0.25) is 15.9 Å². The number of anilines is 1. The fourth-order valence-electron chi connectivity index (χ4n) is 2.12. The average Bonchev–Trinajstić information content (AvgIpc) is 2.55. The number of hydrogen-bond donors (Lipinski definition) is 1. The number of nitrogens with one attached hydrogen (secondary N) is 1. The van der Waals surface area contributed by atoms with Crippen LogP contribution >= 0.6 is 22.6 Å². The minimum Gasteiger partial charge on any atom is -0.325 e. The molecule has 0 radical (unpaired) electrons. The Hall–Kier alpha value is -1.45. The summed E-state index contributed by atoms with van der Waals surface area (Å²) in [6, 6.07) is 13.9. The number of carbonyl (C=O) groups excluding carboxylic acids is 1. The van der Waals surface area contributed by atoms with E-state index < -0.39 is 10.0 Å². The van der Waals surface area contributed by atoms with Crippen LogP contribution in [0.5, 0.6) is 0 Å². The summed E-state index contributed by atoms with van der Waals surface area (Å²) in [5.41, 5.74) is 1.62. The maximum absolute atomic E-state index is 12.7. The lowest BCUT2D eigenvalue weighted by atomic mass is 10.2. The number of hydrogen-bond acceptors (Lipinski definition) is 3. The van der Waals surface area contributed by atoms with Crippen LogP contribution in [0.1, 0.15) is 12.5 Å². The largest absolute Gasteiger partial charge is 0.325 e. The molecule has 0 aliphatic rings. The molecule has 2 rings (SSSR count). The smallest absolute Gasteiger partial charge is 0.243 e. The standard InChI is InChI=1S/C17H19IN2O3S/c1-3-20(24(22,23)16-10-4-13(2)5-11-16)12-17(21)19-15-8-6-14(18)7-9-15/h4-11H,3,12H2,1-2H3,(H,19,21). The lowest BCUT2D eigenvalue weighted by molar-refractivity contribution is -0.116. The summed E-state index contributed by atoms with van der Waals surface area (Å²) >= 11 is 2.17. The maximum atomic E-state index is 12.7. The summed E-state index contributed by atoms with van der Waals surface area (Å²) in [5, 5.41) is 2.72. The first-order valence-corrected chi connectivity index (χ1v) is 9.97. The van der Waals surface area contributed by atoms with Crippen molar-refractivity contribution in [2.75, 3.05) is 18.4 Å². The number of benzene rings is 2. The second-order valence-electron chi connectivity index (χ2n) is 5.30. The Bertz CT molecular complexity index is 803. The molecule has 0 bridgehead atoms. The van der Waals surface area contributed by atoms with E-state index in [4.69, 9.17) is 0 Å². The van der Waals surface area contributed by atoms with Gasteiger partial charge in [0.1, 0.15) is 0 Å². The molecule has 1 amide bonds. The fraction of sp³-hybridized carbons (Fsp3) is 0.235. The molecule has 1 N–H and O–H groups in total.